The van der Waals surface area contributed by atoms with Crippen molar-refractivity contribution in [3.05, 3.63) is 39.7 Å². The molecule has 26 heavy (non-hydrogen) atoms. The molecule has 0 fully saturated rings. The Hall–Kier alpha value is -2.57. The molecule has 0 unspecified atom stereocenters. The summed E-state index contributed by atoms with van der Waals surface area (Å²) in [5, 5.41) is 4.56. The predicted octanol–water partition coefficient (Wildman–Crippen LogP) is 2.37. The highest BCUT2D eigenvalue weighted by molar-refractivity contribution is 6.03. The van der Waals surface area contributed by atoms with Gasteiger partial charge in [0.25, 0.3) is 0 Å². The fourth-order valence-corrected chi connectivity index (χ4v) is 3.89. The van der Waals surface area contributed by atoms with Crippen LogP contribution in [0.15, 0.2) is 22.8 Å². The number of carbonyl (C=O) groups is 2. The Morgan fingerprint density at radius 3 is 2.69 bits per heavy atom. The lowest BCUT2D eigenvalue weighted by atomic mass is 9.76. The molecule has 7 nitrogen and oxygen atoms in total. The quantitative estimate of drug-likeness (QED) is 0.829. The van der Waals surface area contributed by atoms with Crippen LogP contribution in [0.1, 0.15) is 56.0 Å². The number of esters is 1. The Balaban J connectivity index is 2.24. The first-order valence-corrected chi connectivity index (χ1v) is 9.05. The maximum absolute atomic E-state index is 12.8. The number of aryl methyl sites for hydroxylation is 2. The molecule has 1 aromatic rings. The van der Waals surface area contributed by atoms with Gasteiger partial charge in [-0.25, -0.2) is 4.79 Å². The highest BCUT2D eigenvalue weighted by Crippen LogP contribution is 2.45. The monoisotopic (exact) mass is 359 g/mol. The Kier molecular flexibility index (Phi) is 4.89. The van der Waals surface area contributed by atoms with Gasteiger partial charge in [0, 0.05) is 36.2 Å². The van der Waals surface area contributed by atoms with Crippen LogP contribution in [0.5, 0.6) is 0 Å². The topological polar surface area (TPSA) is 96.4 Å². The van der Waals surface area contributed by atoms with Crippen molar-refractivity contribution >= 4 is 11.8 Å². The van der Waals surface area contributed by atoms with Gasteiger partial charge in [-0.1, -0.05) is 0 Å². The molecule has 7 heteroatoms. The van der Waals surface area contributed by atoms with E-state index in [-0.39, 0.29) is 23.8 Å². The van der Waals surface area contributed by atoms with Crippen LogP contribution in [0, 0.1) is 13.8 Å². The molecule has 0 saturated carbocycles. The van der Waals surface area contributed by atoms with Gasteiger partial charge in [0.05, 0.1) is 18.2 Å². The van der Waals surface area contributed by atoms with Gasteiger partial charge in [-0.2, -0.15) is 5.10 Å². The van der Waals surface area contributed by atoms with Gasteiger partial charge in [-0.3, -0.25) is 9.48 Å². The zero-order chi connectivity index (χ0) is 19.0. The number of allylic oxidation sites excluding steroid dienone is 2. The molecule has 1 aliphatic heterocycles. The summed E-state index contributed by atoms with van der Waals surface area (Å²) in [6.45, 7) is 8.48. The molecule has 0 bridgehead atoms. The first-order chi connectivity index (χ1) is 12.4. The van der Waals surface area contributed by atoms with E-state index >= 15 is 0 Å². The van der Waals surface area contributed by atoms with Crippen molar-refractivity contribution in [3.8, 4) is 0 Å². The Morgan fingerprint density at radius 1 is 1.35 bits per heavy atom. The standard InChI is InChI=1S/C19H25N3O4/c1-5-22-11(4)14(10(3)21-22)16-15-12(23)8-7-9-13(15)26-18(20)17(16)19(24)25-6-2/h16H,5-9,20H2,1-4H3/t16-/m1/s1. The number of Topliss-reactive ketones (excluding diaryl/α,β-unsaturated/α-hetero) is 1. The van der Waals surface area contributed by atoms with Crippen LogP contribution in [0.4, 0.5) is 0 Å². The molecule has 2 heterocycles. The maximum atomic E-state index is 12.8. The molecule has 3 rings (SSSR count). The number of ketones is 1. The van der Waals surface area contributed by atoms with Crippen LogP contribution in [-0.4, -0.2) is 28.1 Å². The molecule has 0 spiro atoms. The van der Waals surface area contributed by atoms with E-state index in [2.05, 4.69) is 5.10 Å². The average molecular weight is 359 g/mol. The third-order valence-corrected chi connectivity index (χ3v) is 5.01. The Labute approximate surface area is 152 Å². The summed E-state index contributed by atoms with van der Waals surface area (Å²) in [5.41, 5.74) is 9.36. The van der Waals surface area contributed by atoms with E-state index in [4.69, 9.17) is 15.2 Å². The number of nitrogens with two attached hydrogens (primary N) is 1. The minimum absolute atomic E-state index is 0.00593. The lowest BCUT2D eigenvalue weighted by molar-refractivity contribution is -0.139. The van der Waals surface area contributed by atoms with Crippen molar-refractivity contribution in [1.29, 1.82) is 0 Å². The summed E-state index contributed by atoms with van der Waals surface area (Å²) < 4.78 is 12.8. The summed E-state index contributed by atoms with van der Waals surface area (Å²) in [5.74, 6) is -0.563. The van der Waals surface area contributed by atoms with Crippen molar-refractivity contribution in [1.82, 2.24) is 9.78 Å². The molecular formula is C19H25N3O4. The average Bonchev–Trinajstić information content (AvgIpc) is 2.87. The second-order valence-corrected chi connectivity index (χ2v) is 6.55. The molecule has 0 saturated heterocycles. The molecule has 140 valence electrons. The van der Waals surface area contributed by atoms with E-state index in [1.807, 2.05) is 25.5 Å². The van der Waals surface area contributed by atoms with Gasteiger partial charge in [0.1, 0.15) is 11.3 Å². The minimum atomic E-state index is -0.592. The van der Waals surface area contributed by atoms with Crippen molar-refractivity contribution in [2.24, 2.45) is 5.73 Å². The highest BCUT2D eigenvalue weighted by Gasteiger charge is 2.43. The number of carbonyl (C=O) groups excluding carboxylic acids is 2. The van der Waals surface area contributed by atoms with Crippen LogP contribution in [0.25, 0.3) is 0 Å². The second-order valence-electron chi connectivity index (χ2n) is 6.55. The third kappa shape index (κ3) is 2.81. The van der Waals surface area contributed by atoms with Gasteiger partial charge < -0.3 is 15.2 Å². The van der Waals surface area contributed by atoms with E-state index in [1.165, 1.54) is 0 Å². The van der Waals surface area contributed by atoms with Crippen molar-refractivity contribution < 1.29 is 19.1 Å². The smallest absolute Gasteiger partial charge is 0.340 e. The molecule has 2 aliphatic rings. The van der Waals surface area contributed by atoms with E-state index in [1.54, 1.807) is 6.92 Å². The van der Waals surface area contributed by atoms with E-state index in [0.29, 0.717) is 30.7 Å². The zero-order valence-corrected chi connectivity index (χ0v) is 15.7. The predicted molar refractivity (Wildman–Crippen MR) is 94.9 cm³/mol. The second kappa shape index (κ2) is 6.97. The zero-order valence-electron chi connectivity index (χ0n) is 15.7. The molecule has 1 aliphatic carbocycles. The van der Waals surface area contributed by atoms with Gasteiger partial charge in [0.15, 0.2) is 5.78 Å². The molecule has 2 N–H and O–H groups in total. The molecule has 1 aromatic heterocycles. The highest BCUT2D eigenvalue weighted by atomic mass is 16.5. The van der Waals surface area contributed by atoms with Crippen molar-refractivity contribution in [2.45, 2.75) is 59.4 Å². The minimum Gasteiger partial charge on any atom is -0.462 e. The van der Waals surface area contributed by atoms with Crippen molar-refractivity contribution in [2.75, 3.05) is 6.61 Å². The summed E-state index contributed by atoms with van der Waals surface area (Å²) >= 11 is 0. The van der Waals surface area contributed by atoms with Gasteiger partial charge in [-0.15, -0.1) is 0 Å². The first-order valence-electron chi connectivity index (χ1n) is 9.05. The Bertz CT molecular complexity index is 832. The number of nitrogens with zero attached hydrogens (tertiary/aromatic N) is 2. The molecule has 1 atom stereocenters. The molecular weight excluding hydrogens is 334 g/mol. The third-order valence-electron chi connectivity index (χ3n) is 5.01. The van der Waals surface area contributed by atoms with Crippen molar-refractivity contribution in [3.63, 3.8) is 0 Å². The van der Waals surface area contributed by atoms with Gasteiger partial charge >= 0.3 is 5.97 Å². The summed E-state index contributed by atoms with van der Waals surface area (Å²) in [7, 11) is 0. The molecule has 0 aromatic carbocycles. The Morgan fingerprint density at radius 2 is 2.08 bits per heavy atom. The summed E-state index contributed by atoms with van der Waals surface area (Å²) in [6.07, 6.45) is 1.79. The van der Waals surface area contributed by atoms with Gasteiger partial charge in [-0.05, 0) is 34.1 Å². The molecule has 0 radical (unpaired) electrons. The SMILES string of the molecule is CCOC(=O)C1=C(N)OC2=C(C(=O)CCC2)[C@H]1c1c(C)nn(CC)c1C. The van der Waals surface area contributed by atoms with Crippen LogP contribution in [0.2, 0.25) is 0 Å². The maximum Gasteiger partial charge on any atom is 0.340 e. The van der Waals surface area contributed by atoms with Crippen LogP contribution < -0.4 is 5.73 Å². The number of ether oxygens (including phenoxy) is 2. The van der Waals surface area contributed by atoms with Crippen LogP contribution in [-0.2, 0) is 25.6 Å². The van der Waals surface area contributed by atoms with E-state index in [0.717, 1.165) is 23.4 Å². The number of rotatable bonds is 4. The van der Waals surface area contributed by atoms with Gasteiger partial charge in [0.2, 0.25) is 5.88 Å². The largest absolute Gasteiger partial charge is 0.462 e. The normalized spacial score (nSPS) is 20.2. The summed E-state index contributed by atoms with van der Waals surface area (Å²) in [4.78, 5) is 25.4. The number of hydrogen-bond donors (Lipinski definition) is 1. The van der Waals surface area contributed by atoms with Crippen LogP contribution >= 0.6 is 0 Å². The fraction of sp³-hybridized carbons (Fsp3) is 0.526. The number of hydrogen-bond acceptors (Lipinski definition) is 6. The number of aromatic nitrogens is 2. The summed E-state index contributed by atoms with van der Waals surface area (Å²) in [6, 6.07) is 0. The first kappa shape index (κ1) is 18.2. The lowest BCUT2D eigenvalue weighted by Crippen LogP contribution is -2.32. The molecule has 0 amide bonds. The lowest BCUT2D eigenvalue weighted by Gasteiger charge is -2.32. The van der Waals surface area contributed by atoms with E-state index in [9.17, 15) is 9.59 Å². The fourth-order valence-electron chi connectivity index (χ4n) is 3.89. The van der Waals surface area contributed by atoms with Crippen LogP contribution in [0.3, 0.4) is 0 Å². The van der Waals surface area contributed by atoms with E-state index < -0.39 is 11.9 Å².